The summed E-state index contributed by atoms with van der Waals surface area (Å²) in [5.41, 5.74) is 1.21. The Bertz CT molecular complexity index is 760. The second kappa shape index (κ2) is 9.36. The van der Waals surface area contributed by atoms with Crippen LogP contribution in [0.5, 0.6) is 0 Å². The number of hydrogen-bond donors (Lipinski definition) is 0. The van der Waals surface area contributed by atoms with Crippen molar-refractivity contribution >= 4 is 0 Å². The van der Waals surface area contributed by atoms with Crippen LogP contribution in [0.15, 0.2) is 16.9 Å². The standard InChI is InChI=1S/C21H33N5O3/c1-3-26-16-17(14-22-26)15-25-9-6-21(7-10-25,8-13-27-2)20-23-19(29-24-20)18-4-11-28-12-5-18/h14,16,18H,3-13,15H2,1-2H3. The quantitative estimate of drug-likeness (QED) is 0.670. The lowest BCUT2D eigenvalue weighted by atomic mass is 9.75. The number of rotatable bonds is 8. The Morgan fingerprint density at radius 1 is 1.24 bits per heavy atom. The number of ether oxygens (including phenoxy) is 2. The lowest BCUT2D eigenvalue weighted by Gasteiger charge is -2.39. The van der Waals surface area contributed by atoms with Crippen LogP contribution in [0.25, 0.3) is 0 Å². The molecule has 160 valence electrons. The van der Waals surface area contributed by atoms with Crippen LogP contribution in [-0.2, 0) is 28.0 Å². The van der Waals surface area contributed by atoms with Crippen molar-refractivity contribution in [2.45, 2.75) is 63.5 Å². The van der Waals surface area contributed by atoms with Gasteiger partial charge in [0.2, 0.25) is 5.89 Å². The van der Waals surface area contributed by atoms with E-state index < -0.39 is 0 Å². The maximum absolute atomic E-state index is 5.72. The highest BCUT2D eigenvalue weighted by Crippen LogP contribution is 2.38. The molecule has 2 aliphatic rings. The third-order valence-electron chi connectivity index (χ3n) is 6.50. The monoisotopic (exact) mass is 403 g/mol. The van der Waals surface area contributed by atoms with Crippen LogP contribution in [-0.4, -0.2) is 64.8 Å². The van der Waals surface area contributed by atoms with Gasteiger partial charge >= 0.3 is 0 Å². The van der Waals surface area contributed by atoms with Gasteiger partial charge in [0.25, 0.3) is 0 Å². The van der Waals surface area contributed by atoms with Gasteiger partial charge in [0, 0.05) is 63.1 Å². The molecule has 0 amide bonds. The molecule has 2 fully saturated rings. The highest BCUT2D eigenvalue weighted by Gasteiger charge is 2.40. The SMILES string of the molecule is CCn1cc(CN2CCC(CCOC)(c3noc(C4CCOCC4)n3)CC2)cn1. The topological polar surface area (TPSA) is 78.4 Å². The molecule has 0 unspecified atom stereocenters. The lowest BCUT2D eigenvalue weighted by molar-refractivity contribution is 0.0778. The van der Waals surface area contributed by atoms with E-state index in [0.717, 1.165) is 83.2 Å². The maximum Gasteiger partial charge on any atom is 0.229 e. The average Bonchev–Trinajstić information content (AvgIpc) is 3.44. The van der Waals surface area contributed by atoms with E-state index in [-0.39, 0.29) is 5.41 Å². The minimum atomic E-state index is -0.0625. The number of likely N-dealkylation sites (tertiary alicyclic amines) is 1. The fourth-order valence-corrected chi connectivity index (χ4v) is 4.50. The number of piperidine rings is 1. The Morgan fingerprint density at radius 2 is 2.03 bits per heavy atom. The molecule has 0 radical (unpaired) electrons. The van der Waals surface area contributed by atoms with Gasteiger partial charge in [0.15, 0.2) is 5.82 Å². The molecule has 2 aromatic heterocycles. The van der Waals surface area contributed by atoms with E-state index in [1.54, 1.807) is 7.11 Å². The van der Waals surface area contributed by atoms with Gasteiger partial charge in [0.05, 0.1) is 6.20 Å². The van der Waals surface area contributed by atoms with Gasteiger partial charge in [0.1, 0.15) is 0 Å². The van der Waals surface area contributed by atoms with E-state index in [9.17, 15) is 0 Å². The normalized spacial score (nSPS) is 20.9. The average molecular weight is 404 g/mol. The van der Waals surface area contributed by atoms with Gasteiger partial charge in [-0.2, -0.15) is 10.1 Å². The van der Waals surface area contributed by atoms with Crippen molar-refractivity contribution in [3.8, 4) is 0 Å². The third kappa shape index (κ3) is 4.70. The molecule has 4 rings (SSSR count). The molecular formula is C21H33N5O3. The molecule has 2 aliphatic heterocycles. The molecule has 0 aromatic carbocycles. The Hall–Kier alpha value is -1.77. The predicted octanol–water partition coefficient (Wildman–Crippen LogP) is 2.75. The van der Waals surface area contributed by atoms with Crippen LogP contribution < -0.4 is 0 Å². The summed E-state index contributed by atoms with van der Waals surface area (Å²) in [6, 6.07) is 0. The van der Waals surface area contributed by atoms with Gasteiger partial charge in [-0.25, -0.2) is 0 Å². The third-order valence-corrected chi connectivity index (χ3v) is 6.50. The highest BCUT2D eigenvalue weighted by molar-refractivity contribution is 5.12. The van der Waals surface area contributed by atoms with Crippen LogP contribution in [0.2, 0.25) is 0 Å². The molecule has 0 bridgehead atoms. The molecule has 0 aliphatic carbocycles. The van der Waals surface area contributed by atoms with E-state index in [4.69, 9.17) is 19.0 Å². The Balaban J connectivity index is 1.43. The first-order valence-corrected chi connectivity index (χ1v) is 10.9. The second-order valence-electron chi connectivity index (χ2n) is 8.35. The minimum absolute atomic E-state index is 0.0625. The minimum Gasteiger partial charge on any atom is -0.385 e. The first-order chi connectivity index (χ1) is 14.2. The predicted molar refractivity (Wildman–Crippen MR) is 108 cm³/mol. The van der Waals surface area contributed by atoms with Crippen molar-refractivity contribution in [2.24, 2.45) is 0 Å². The van der Waals surface area contributed by atoms with Crippen molar-refractivity contribution in [1.29, 1.82) is 0 Å². The first kappa shape index (κ1) is 20.5. The summed E-state index contributed by atoms with van der Waals surface area (Å²) in [5.74, 6) is 1.99. The molecule has 2 aromatic rings. The van der Waals surface area contributed by atoms with Crippen LogP contribution in [0, 0.1) is 0 Å². The fraction of sp³-hybridized carbons (Fsp3) is 0.762. The Labute approximate surface area is 172 Å². The van der Waals surface area contributed by atoms with Crippen molar-refractivity contribution in [3.63, 3.8) is 0 Å². The maximum atomic E-state index is 5.72. The van der Waals surface area contributed by atoms with Gasteiger partial charge in [-0.3, -0.25) is 9.58 Å². The molecule has 2 saturated heterocycles. The number of nitrogens with zero attached hydrogens (tertiary/aromatic N) is 5. The number of aryl methyl sites for hydroxylation is 1. The van der Waals surface area contributed by atoms with E-state index in [0.29, 0.717) is 12.5 Å². The van der Waals surface area contributed by atoms with E-state index in [1.165, 1.54) is 5.56 Å². The first-order valence-electron chi connectivity index (χ1n) is 10.9. The van der Waals surface area contributed by atoms with Gasteiger partial charge in [-0.15, -0.1) is 0 Å². The summed E-state index contributed by atoms with van der Waals surface area (Å²) < 4.78 is 18.6. The summed E-state index contributed by atoms with van der Waals surface area (Å²) in [6.45, 7) is 8.27. The summed E-state index contributed by atoms with van der Waals surface area (Å²) in [4.78, 5) is 7.39. The van der Waals surface area contributed by atoms with Crippen molar-refractivity contribution in [1.82, 2.24) is 24.8 Å². The van der Waals surface area contributed by atoms with Crippen LogP contribution in [0.4, 0.5) is 0 Å². The molecule has 0 spiro atoms. The molecule has 8 heteroatoms. The smallest absolute Gasteiger partial charge is 0.229 e. The van der Waals surface area contributed by atoms with Crippen molar-refractivity contribution in [3.05, 3.63) is 29.7 Å². The van der Waals surface area contributed by atoms with E-state index in [2.05, 4.69) is 28.3 Å². The van der Waals surface area contributed by atoms with Gasteiger partial charge in [-0.1, -0.05) is 5.16 Å². The molecular weight excluding hydrogens is 370 g/mol. The number of hydrogen-bond acceptors (Lipinski definition) is 7. The summed E-state index contributed by atoms with van der Waals surface area (Å²) in [6.07, 6.45) is 9.02. The van der Waals surface area contributed by atoms with Crippen molar-refractivity contribution < 1.29 is 14.0 Å². The summed E-state index contributed by atoms with van der Waals surface area (Å²) in [7, 11) is 1.76. The van der Waals surface area contributed by atoms with Gasteiger partial charge < -0.3 is 14.0 Å². The van der Waals surface area contributed by atoms with E-state index >= 15 is 0 Å². The van der Waals surface area contributed by atoms with Crippen LogP contribution >= 0.6 is 0 Å². The zero-order valence-electron chi connectivity index (χ0n) is 17.7. The van der Waals surface area contributed by atoms with Crippen LogP contribution in [0.3, 0.4) is 0 Å². The molecule has 0 atom stereocenters. The lowest BCUT2D eigenvalue weighted by Crippen LogP contribution is -2.43. The zero-order chi connectivity index (χ0) is 20.1. The number of methoxy groups -OCH3 is 1. The van der Waals surface area contributed by atoms with E-state index in [1.807, 2.05) is 10.9 Å². The van der Waals surface area contributed by atoms with Crippen molar-refractivity contribution in [2.75, 3.05) is 40.0 Å². The largest absolute Gasteiger partial charge is 0.385 e. The zero-order valence-corrected chi connectivity index (χ0v) is 17.7. The Morgan fingerprint density at radius 3 is 2.72 bits per heavy atom. The summed E-state index contributed by atoms with van der Waals surface area (Å²) >= 11 is 0. The molecule has 0 N–H and O–H groups in total. The second-order valence-corrected chi connectivity index (χ2v) is 8.35. The Kier molecular flexibility index (Phi) is 6.62. The molecule has 29 heavy (non-hydrogen) atoms. The molecule has 4 heterocycles. The summed E-state index contributed by atoms with van der Waals surface area (Å²) in [5, 5.41) is 8.85. The molecule has 8 nitrogen and oxygen atoms in total. The van der Waals surface area contributed by atoms with Crippen LogP contribution in [0.1, 0.15) is 62.2 Å². The fourth-order valence-electron chi connectivity index (χ4n) is 4.50. The van der Waals surface area contributed by atoms with Gasteiger partial charge in [-0.05, 0) is 52.1 Å². The highest BCUT2D eigenvalue weighted by atomic mass is 16.5. The molecule has 0 saturated carbocycles. The number of aromatic nitrogens is 4.